The van der Waals surface area contributed by atoms with Gasteiger partial charge in [-0.3, -0.25) is 10.1 Å². The molecule has 0 radical (unpaired) electrons. The van der Waals surface area contributed by atoms with Crippen molar-refractivity contribution in [3.8, 4) is 0 Å². The lowest BCUT2D eigenvalue weighted by Gasteiger charge is -2.29. The molecule has 0 fully saturated rings. The molecule has 118 valence electrons. The molecule has 0 saturated carbocycles. The summed E-state index contributed by atoms with van der Waals surface area (Å²) in [5.41, 5.74) is -2.48. The summed E-state index contributed by atoms with van der Waals surface area (Å²) in [6.07, 6.45) is 0.0858. The van der Waals surface area contributed by atoms with Crippen LogP contribution in [0.25, 0.3) is 0 Å². The Bertz CT molecular complexity index is 621. The van der Waals surface area contributed by atoms with Crippen LogP contribution in [-0.2, 0) is 10.0 Å². The normalized spacial score (nSPS) is 12.4. The smallest absolute Gasteiger partial charge is 0.306 e. The molecule has 0 heterocycles. The third kappa shape index (κ3) is 3.73. The summed E-state index contributed by atoms with van der Waals surface area (Å²) in [5.74, 6) is -1.16. The molecule has 0 amide bonds. The van der Waals surface area contributed by atoms with Crippen LogP contribution in [0.3, 0.4) is 0 Å². The molecular weight excluding hydrogens is 307 g/mol. The second-order valence-electron chi connectivity index (χ2n) is 4.43. The highest BCUT2D eigenvalue weighted by atomic mass is 32.2. The summed E-state index contributed by atoms with van der Waals surface area (Å²) in [5, 5.41) is 29.1. The van der Waals surface area contributed by atoms with Crippen molar-refractivity contribution in [2.24, 2.45) is 0 Å². The minimum atomic E-state index is -4.27. The average molecular weight is 322 g/mol. The number of nitro benzene ring substituents is 1. The fraction of sp³-hybridized carbons (Fsp3) is 0.455. The quantitative estimate of drug-likeness (QED) is 0.484. The first-order chi connectivity index (χ1) is 9.71. The summed E-state index contributed by atoms with van der Waals surface area (Å²) in [7, 11) is -4.27. The second-order valence-corrected chi connectivity index (χ2v) is 6.11. The molecule has 0 aliphatic heterocycles. The number of rotatable bonds is 7. The van der Waals surface area contributed by atoms with Crippen LogP contribution in [0.5, 0.6) is 0 Å². The summed E-state index contributed by atoms with van der Waals surface area (Å²) in [4.78, 5) is 9.05. The molecule has 1 aromatic carbocycles. The van der Waals surface area contributed by atoms with Gasteiger partial charge >= 0.3 is 5.69 Å². The molecule has 1 rings (SSSR count). The third-order valence-corrected chi connectivity index (χ3v) is 4.63. The van der Waals surface area contributed by atoms with Gasteiger partial charge in [0.25, 0.3) is 0 Å². The number of nitrogens with zero attached hydrogens (tertiary/aromatic N) is 1. The first-order valence-corrected chi connectivity index (χ1v) is 7.39. The van der Waals surface area contributed by atoms with Crippen molar-refractivity contribution in [3.05, 3.63) is 34.1 Å². The molecule has 0 aromatic heterocycles. The molecule has 8 nitrogen and oxygen atoms in total. The number of hydrogen-bond donors (Lipinski definition) is 3. The van der Waals surface area contributed by atoms with Crippen LogP contribution in [0.4, 0.5) is 10.1 Å². The molecular formula is C11H15FN2O6S. The van der Waals surface area contributed by atoms with Gasteiger partial charge in [-0.15, -0.1) is 0 Å². The van der Waals surface area contributed by atoms with Crippen molar-refractivity contribution in [1.82, 2.24) is 4.72 Å². The summed E-state index contributed by atoms with van der Waals surface area (Å²) < 4.78 is 39.6. The van der Waals surface area contributed by atoms with Crippen molar-refractivity contribution in [2.75, 3.05) is 13.2 Å². The van der Waals surface area contributed by atoms with Crippen LogP contribution in [0.15, 0.2) is 23.1 Å². The SMILES string of the molecule is CCC(CO)(CO)NS(=O)(=O)c1ccc(F)c([N+](=O)[O-])c1. The van der Waals surface area contributed by atoms with Crippen molar-refractivity contribution >= 4 is 15.7 Å². The van der Waals surface area contributed by atoms with E-state index >= 15 is 0 Å². The van der Waals surface area contributed by atoms with E-state index in [1.54, 1.807) is 6.92 Å². The maximum Gasteiger partial charge on any atom is 0.306 e. The second kappa shape index (κ2) is 6.43. The first-order valence-electron chi connectivity index (χ1n) is 5.91. The Morgan fingerprint density at radius 1 is 1.38 bits per heavy atom. The fourth-order valence-electron chi connectivity index (χ4n) is 1.55. The number of nitro groups is 1. The Morgan fingerprint density at radius 2 is 1.95 bits per heavy atom. The van der Waals surface area contributed by atoms with E-state index in [1.165, 1.54) is 0 Å². The predicted octanol–water partition coefficient (Wildman–Crippen LogP) is 0.146. The number of nitrogens with one attached hydrogen (secondary N) is 1. The van der Waals surface area contributed by atoms with E-state index in [0.29, 0.717) is 12.1 Å². The molecule has 0 aliphatic carbocycles. The van der Waals surface area contributed by atoms with Gasteiger partial charge in [0.1, 0.15) is 0 Å². The van der Waals surface area contributed by atoms with Crippen molar-refractivity contribution < 1.29 is 27.9 Å². The highest BCUT2D eigenvalue weighted by molar-refractivity contribution is 7.89. The molecule has 0 unspecified atom stereocenters. The van der Waals surface area contributed by atoms with Crippen LogP contribution in [0.1, 0.15) is 13.3 Å². The van der Waals surface area contributed by atoms with Gasteiger partial charge in [-0.1, -0.05) is 6.92 Å². The Labute approximate surface area is 120 Å². The topological polar surface area (TPSA) is 130 Å². The van der Waals surface area contributed by atoms with Crippen LogP contribution in [0.2, 0.25) is 0 Å². The van der Waals surface area contributed by atoms with Crippen LogP contribution in [-0.4, -0.2) is 42.3 Å². The Kier molecular flexibility index (Phi) is 5.34. The van der Waals surface area contributed by atoms with Gasteiger partial charge in [-0.05, 0) is 18.6 Å². The number of aliphatic hydroxyl groups excluding tert-OH is 2. The largest absolute Gasteiger partial charge is 0.394 e. The number of benzene rings is 1. The van der Waals surface area contributed by atoms with Gasteiger partial charge in [0.05, 0.1) is 28.6 Å². The van der Waals surface area contributed by atoms with E-state index in [-0.39, 0.29) is 6.42 Å². The van der Waals surface area contributed by atoms with E-state index < -0.39 is 50.1 Å². The van der Waals surface area contributed by atoms with E-state index in [1.807, 2.05) is 0 Å². The van der Waals surface area contributed by atoms with E-state index in [9.17, 15) is 33.1 Å². The molecule has 0 aliphatic rings. The maximum absolute atomic E-state index is 13.2. The lowest BCUT2D eigenvalue weighted by Crippen LogP contribution is -2.53. The van der Waals surface area contributed by atoms with Crippen LogP contribution >= 0.6 is 0 Å². The summed E-state index contributed by atoms with van der Waals surface area (Å²) >= 11 is 0. The minimum Gasteiger partial charge on any atom is -0.394 e. The van der Waals surface area contributed by atoms with Gasteiger partial charge in [-0.2, -0.15) is 4.39 Å². The maximum atomic E-state index is 13.2. The van der Waals surface area contributed by atoms with Crippen molar-refractivity contribution in [3.63, 3.8) is 0 Å². The van der Waals surface area contributed by atoms with Crippen LogP contribution in [0, 0.1) is 15.9 Å². The van der Waals surface area contributed by atoms with E-state index in [2.05, 4.69) is 4.72 Å². The molecule has 3 N–H and O–H groups in total. The molecule has 0 bridgehead atoms. The van der Waals surface area contributed by atoms with Gasteiger partial charge in [0, 0.05) is 6.07 Å². The minimum absolute atomic E-state index is 0.0858. The molecule has 21 heavy (non-hydrogen) atoms. The summed E-state index contributed by atoms with van der Waals surface area (Å²) in [6, 6.07) is 2.10. The van der Waals surface area contributed by atoms with E-state index in [0.717, 1.165) is 6.07 Å². The zero-order chi connectivity index (χ0) is 16.3. The van der Waals surface area contributed by atoms with Gasteiger partial charge in [0.15, 0.2) is 0 Å². The number of hydrogen-bond acceptors (Lipinski definition) is 6. The van der Waals surface area contributed by atoms with Crippen molar-refractivity contribution in [1.29, 1.82) is 0 Å². The molecule has 0 spiro atoms. The van der Waals surface area contributed by atoms with Gasteiger partial charge in [-0.25, -0.2) is 13.1 Å². The zero-order valence-corrected chi connectivity index (χ0v) is 11.9. The molecule has 0 saturated heterocycles. The highest BCUT2D eigenvalue weighted by Gasteiger charge is 2.33. The van der Waals surface area contributed by atoms with Crippen molar-refractivity contribution in [2.45, 2.75) is 23.8 Å². The zero-order valence-electron chi connectivity index (χ0n) is 11.1. The summed E-state index contributed by atoms with van der Waals surface area (Å²) in [6.45, 7) is 0.215. The molecule has 10 heteroatoms. The van der Waals surface area contributed by atoms with Gasteiger partial charge in [0.2, 0.25) is 15.8 Å². The lowest BCUT2D eigenvalue weighted by molar-refractivity contribution is -0.387. The van der Waals surface area contributed by atoms with Gasteiger partial charge < -0.3 is 10.2 Å². The number of halogens is 1. The fourth-order valence-corrected chi connectivity index (χ4v) is 3.03. The van der Waals surface area contributed by atoms with E-state index in [4.69, 9.17) is 0 Å². The average Bonchev–Trinajstić information content (AvgIpc) is 2.44. The highest BCUT2D eigenvalue weighted by Crippen LogP contribution is 2.23. The molecule has 0 atom stereocenters. The number of sulfonamides is 1. The standard InChI is InChI=1S/C11H15FN2O6S/c1-2-11(6-15,7-16)13-21(19,20)8-3-4-9(12)10(5-8)14(17)18/h3-5,13,15-16H,2,6-7H2,1H3. The molecule has 1 aromatic rings. The first kappa shape index (κ1) is 17.4. The lowest BCUT2D eigenvalue weighted by atomic mass is 10.0. The van der Waals surface area contributed by atoms with Crippen LogP contribution < -0.4 is 4.72 Å². The Morgan fingerprint density at radius 3 is 2.38 bits per heavy atom. The Balaban J connectivity index is 3.26. The number of aliphatic hydroxyl groups is 2. The third-order valence-electron chi connectivity index (χ3n) is 3.06. The Hall–Kier alpha value is -1.62. The predicted molar refractivity (Wildman–Crippen MR) is 70.6 cm³/mol. The monoisotopic (exact) mass is 322 g/mol.